The highest BCUT2D eigenvalue weighted by atomic mass is 32.2. The summed E-state index contributed by atoms with van der Waals surface area (Å²) in [5.74, 6) is -0.648. The van der Waals surface area contributed by atoms with Gasteiger partial charge in [0.25, 0.3) is 20.2 Å². The van der Waals surface area contributed by atoms with Crippen molar-refractivity contribution in [2.75, 3.05) is 18.3 Å². The second kappa shape index (κ2) is 8.54. The number of ether oxygens (including phenoxy) is 1. The molecule has 2 aromatic carbocycles. The highest BCUT2D eigenvalue weighted by molar-refractivity contribution is 7.86. The summed E-state index contributed by atoms with van der Waals surface area (Å²) in [5, 5.41) is 10.6. The molecule has 2 aromatic rings. The fourth-order valence-electron chi connectivity index (χ4n) is 2.06. The molecule has 0 aliphatic carbocycles. The summed E-state index contributed by atoms with van der Waals surface area (Å²) in [6, 6.07) is 9.91. The first-order valence-corrected chi connectivity index (χ1v) is 10.4. The van der Waals surface area contributed by atoms with Crippen molar-refractivity contribution in [1.29, 1.82) is 0 Å². The van der Waals surface area contributed by atoms with Gasteiger partial charge in [0.15, 0.2) is 0 Å². The Bertz CT molecular complexity index is 1030. The molecule has 0 saturated heterocycles. The van der Waals surface area contributed by atoms with E-state index >= 15 is 0 Å². The molecule has 10 nitrogen and oxygen atoms in total. The summed E-state index contributed by atoms with van der Waals surface area (Å²) in [6.45, 7) is 0.167. The molecule has 0 fully saturated rings. The van der Waals surface area contributed by atoms with E-state index in [4.69, 9.17) is 13.8 Å². The number of hydrogen-bond acceptors (Lipinski definition) is 8. The van der Waals surface area contributed by atoms with E-state index < -0.39 is 26.1 Å². The largest absolute Gasteiger partial charge is 0.380 e. The van der Waals surface area contributed by atoms with Crippen LogP contribution in [0, 0.1) is 0 Å². The van der Waals surface area contributed by atoms with Gasteiger partial charge in [0.2, 0.25) is 0 Å². The Balaban J connectivity index is 2.20. The van der Waals surface area contributed by atoms with Crippen LogP contribution >= 0.6 is 0 Å². The second-order valence-electron chi connectivity index (χ2n) is 5.35. The maximum atomic E-state index is 11.0. The van der Waals surface area contributed by atoms with Crippen LogP contribution in [0.4, 0.5) is 17.1 Å². The van der Waals surface area contributed by atoms with Crippen LogP contribution in [0.2, 0.25) is 0 Å². The molecule has 0 radical (unpaired) electrons. The molecule has 0 aromatic heterocycles. The van der Waals surface area contributed by atoms with Crippen molar-refractivity contribution < 1.29 is 30.7 Å². The molecule has 0 aliphatic rings. The van der Waals surface area contributed by atoms with Crippen molar-refractivity contribution >= 4 is 37.3 Å². The zero-order valence-electron chi connectivity index (χ0n) is 14.1. The van der Waals surface area contributed by atoms with Gasteiger partial charge in [-0.25, -0.2) is 0 Å². The minimum Gasteiger partial charge on any atom is -0.380 e. The van der Waals surface area contributed by atoms with Crippen LogP contribution < -0.4 is 5.32 Å². The van der Waals surface area contributed by atoms with Gasteiger partial charge < -0.3 is 10.1 Å². The SMILES string of the molecule is COCc1cc(N=Nc2ccc(S(=O)(=O)O)cc2)ccc1NCS(=O)(=O)O. The predicted octanol–water partition coefficient (Wildman–Crippen LogP) is 2.75. The van der Waals surface area contributed by atoms with E-state index in [0.717, 1.165) is 0 Å². The smallest absolute Gasteiger partial charge is 0.294 e. The molecule has 146 valence electrons. The van der Waals surface area contributed by atoms with Crippen molar-refractivity contribution in [3.63, 3.8) is 0 Å². The lowest BCUT2D eigenvalue weighted by Gasteiger charge is -2.11. The molecule has 3 N–H and O–H groups in total. The Hall–Kier alpha value is -2.38. The van der Waals surface area contributed by atoms with Crippen LogP contribution in [0.3, 0.4) is 0 Å². The summed E-state index contributed by atoms with van der Waals surface area (Å²) in [6.07, 6.45) is 0. The molecule has 0 bridgehead atoms. The fourth-order valence-corrected chi connectivity index (χ4v) is 2.88. The van der Waals surface area contributed by atoms with E-state index in [0.29, 0.717) is 22.6 Å². The quantitative estimate of drug-likeness (QED) is 0.439. The minimum absolute atomic E-state index is 0.167. The molecule has 0 atom stereocenters. The number of hydrogen-bond donors (Lipinski definition) is 3. The third kappa shape index (κ3) is 6.69. The zero-order chi connectivity index (χ0) is 20.1. The van der Waals surface area contributed by atoms with Gasteiger partial charge in [-0.15, -0.1) is 0 Å². The van der Waals surface area contributed by atoms with E-state index in [-0.39, 0.29) is 11.5 Å². The standard InChI is InChI=1S/C15H17N3O7S2/c1-25-9-11-8-13(4-7-15(11)16-10-26(19,20)21)18-17-12-2-5-14(6-3-12)27(22,23)24/h2-8,16H,9-10H2,1H3,(H,19,20,21)(H,22,23,24). The first-order chi connectivity index (χ1) is 12.6. The van der Waals surface area contributed by atoms with Crippen molar-refractivity contribution in [3.8, 4) is 0 Å². The maximum Gasteiger partial charge on any atom is 0.294 e. The second-order valence-corrected chi connectivity index (χ2v) is 8.22. The van der Waals surface area contributed by atoms with Crippen LogP contribution in [0.5, 0.6) is 0 Å². The van der Waals surface area contributed by atoms with Gasteiger partial charge in [-0.1, -0.05) is 0 Å². The van der Waals surface area contributed by atoms with E-state index in [1.165, 1.54) is 31.4 Å². The van der Waals surface area contributed by atoms with Crippen molar-refractivity contribution in [3.05, 3.63) is 48.0 Å². The molecule has 0 amide bonds. The van der Waals surface area contributed by atoms with Crippen LogP contribution in [0.1, 0.15) is 5.56 Å². The van der Waals surface area contributed by atoms with Gasteiger partial charge in [-0.05, 0) is 42.5 Å². The Kier molecular flexibility index (Phi) is 6.62. The topological polar surface area (TPSA) is 155 Å². The van der Waals surface area contributed by atoms with Gasteiger partial charge in [-0.3, -0.25) is 9.11 Å². The number of benzene rings is 2. The number of azo groups is 1. The number of rotatable bonds is 8. The maximum absolute atomic E-state index is 11.0. The van der Waals surface area contributed by atoms with Crippen LogP contribution in [0.15, 0.2) is 57.6 Å². The highest BCUT2D eigenvalue weighted by Gasteiger charge is 2.09. The van der Waals surface area contributed by atoms with Crippen molar-refractivity contribution in [1.82, 2.24) is 0 Å². The molecular weight excluding hydrogens is 398 g/mol. The Morgan fingerprint density at radius 1 is 0.963 bits per heavy atom. The van der Waals surface area contributed by atoms with Gasteiger partial charge in [-0.2, -0.15) is 27.1 Å². The molecule has 2 rings (SSSR count). The normalized spacial score (nSPS) is 12.4. The predicted molar refractivity (Wildman–Crippen MR) is 97.6 cm³/mol. The summed E-state index contributed by atoms with van der Waals surface area (Å²) in [7, 11) is -6.98. The molecule has 27 heavy (non-hydrogen) atoms. The van der Waals surface area contributed by atoms with Gasteiger partial charge >= 0.3 is 0 Å². The lowest BCUT2D eigenvalue weighted by Crippen LogP contribution is -2.14. The molecular formula is C15H17N3O7S2. The summed E-state index contributed by atoms with van der Waals surface area (Å²) < 4.78 is 66.5. The average Bonchev–Trinajstić information content (AvgIpc) is 2.58. The van der Waals surface area contributed by atoms with Crippen LogP contribution in [-0.4, -0.2) is 38.9 Å². The number of nitrogens with zero attached hydrogens (tertiary/aromatic N) is 2. The summed E-state index contributed by atoms with van der Waals surface area (Å²) in [5.41, 5.74) is 1.85. The zero-order valence-corrected chi connectivity index (χ0v) is 15.7. The number of methoxy groups -OCH3 is 1. The monoisotopic (exact) mass is 415 g/mol. The van der Waals surface area contributed by atoms with Crippen LogP contribution in [-0.2, 0) is 31.6 Å². The number of anilines is 1. The Morgan fingerprint density at radius 2 is 1.56 bits per heavy atom. The van der Waals surface area contributed by atoms with E-state index in [1.54, 1.807) is 18.2 Å². The highest BCUT2D eigenvalue weighted by Crippen LogP contribution is 2.25. The molecule has 12 heteroatoms. The summed E-state index contributed by atoms with van der Waals surface area (Å²) in [4.78, 5) is -0.252. The van der Waals surface area contributed by atoms with E-state index in [9.17, 15) is 16.8 Å². The van der Waals surface area contributed by atoms with Crippen molar-refractivity contribution in [2.24, 2.45) is 10.2 Å². The lowest BCUT2D eigenvalue weighted by molar-refractivity contribution is 0.185. The molecule has 0 unspecified atom stereocenters. The van der Waals surface area contributed by atoms with E-state index in [2.05, 4.69) is 15.5 Å². The molecule has 0 saturated carbocycles. The minimum atomic E-state index is -4.27. The fraction of sp³-hybridized carbons (Fsp3) is 0.200. The van der Waals surface area contributed by atoms with Gasteiger partial charge in [0.05, 0.1) is 22.9 Å². The van der Waals surface area contributed by atoms with Gasteiger partial charge in [0, 0.05) is 18.4 Å². The van der Waals surface area contributed by atoms with Crippen molar-refractivity contribution in [2.45, 2.75) is 11.5 Å². The Labute approximate surface area is 156 Å². The van der Waals surface area contributed by atoms with E-state index in [1.807, 2.05) is 0 Å². The average molecular weight is 415 g/mol. The number of nitrogens with one attached hydrogen (secondary N) is 1. The lowest BCUT2D eigenvalue weighted by atomic mass is 10.1. The third-order valence-electron chi connectivity index (χ3n) is 3.25. The third-order valence-corrected chi connectivity index (χ3v) is 4.63. The first-order valence-electron chi connectivity index (χ1n) is 7.39. The Morgan fingerprint density at radius 3 is 2.11 bits per heavy atom. The molecule has 0 aliphatic heterocycles. The van der Waals surface area contributed by atoms with Crippen LogP contribution in [0.25, 0.3) is 0 Å². The first kappa shape index (κ1) is 20.9. The molecule has 0 spiro atoms. The summed E-state index contributed by atoms with van der Waals surface area (Å²) >= 11 is 0. The molecule has 0 heterocycles. The van der Waals surface area contributed by atoms with Gasteiger partial charge in [0.1, 0.15) is 5.88 Å².